The van der Waals surface area contributed by atoms with E-state index in [0.717, 1.165) is 9.26 Å². The number of para-hydroxylation sites is 1. The Morgan fingerprint density at radius 3 is 2.67 bits per heavy atom. The number of nitrogens with zero attached hydrogens (tertiary/aromatic N) is 1. The fourth-order valence-corrected chi connectivity index (χ4v) is 2.70. The average molecular weight is 358 g/mol. The molecule has 1 heterocycles. The number of halogens is 1. The summed E-state index contributed by atoms with van der Waals surface area (Å²) in [6, 6.07) is 7.59. The molecule has 1 fully saturated rings. The highest BCUT2D eigenvalue weighted by Crippen LogP contribution is 2.27. The van der Waals surface area contributed by atoms with E-state index < -0.39 is 5.54 Å². The van der Waals surface area contributed by atoms with Gasteiger partial charge in [0, 0.05) is 3.57 Å². The van der Waals surface area contributed by atoms with Gasteiger partial charge in [-0.05, 0) is 48.1 Å². The second-order valence-electron chi connectivity index (χ2n) is 4.58. The van der Waals surface area contributed by atoms with E-state index in [1.54, 1.807) is 11.8 Å². The van der Waals surface area contributed by atoms with E-state index in [9.17, 15) is 9.59 Å². The summed E-state index contributed by atoms with van der Waals surface area (Å²) >= 11 is 2.18. The van der Waals surface area contributed by atoms with Crippen molar-refractivity contribution in [2.24, 2.45) is 0 Å². The number of rotatable bonds is 2. The third kappa shape index (κ3) is 2.23. The molecule has 1 aromatic rings. The lowest BCUT2D eigenvalue weighted by molar-refractivity contribution is -0.135. The topological polar surface area (TPSA) is 49.4 Å². The van der Waals surface area contributed by atoms with Crippen LogP contribution in [0, 0.1) is 3.57 Å². The molecule has 4 nitrogen and oxygen atoms in total. The zero-order chi connectivity index (χ0) is 13.3. The Kier molecular flexibility index (Phi) is 3.61. The summed E-state index contributed by atoms with van der Waals surface area (Å²) in [7, 11) is 0. The maximum atomic E-state index is 12.5. The number of hydrogen-bond acceptors (Lipinski definition) is 2. The third-order valence-electron chi connectivity index (χ3n) is 3.28. The van der Waals surface area contributed by atoms with E-state index in [1.165, 1.54) is 0 Å². The maximum absolute atomic E-state index is 12.5. The van der Waals surface area contributed by atoms with Gasteiger partial charge < -0.3 is 5.32 Å². The van der Waals surface area contributed by atoms with Gasteiger partial charge in [0.2, 0.25) is 5.91 Å². The zero-order valence-electron chi connectivity index (χ0n) is 10.4. The van der Waals surface area contributed by atoms with Crippen molar-refractivity contribution in [3.8, 4) is 0 Å². The average Bonchev–Trinajstić information content (AvgIpc) is 2.35. The molecule has 1 aliphatic rings. The van der Waals surface area contributed by atoms with Gasteiger partial charge in [-0.1, -0.05) is 19.1 Å². The number of benzene rings is 1. The van der Waals surface area contributed by atoms with Crippen LogP contribution >= 0.6 is 22.6 Å². The minimum absolute atomic E-state index is 0.0475. The van der Waals surface area contributed by atoms with Gasteiger partial charge in [-0.15, -0.1) is 0 Å². The highest BCUT2D eigenvalue weighted by atomic mass is 127. The number of anilines is 1. The number of hydrogen-bond donors (Lipinski definition) is 1. The van der Waals surface area contributed by atoms with Gasteiger partial charge in [0.25, 0.3) is 5.91 Å². The van der Waals surface area contributed by atoms with Crippen LogP contribution in [0.2, 0.25) is 0 Å². The number of amides is 2. The first kappa shape index (κ1) is 13.3. The molecule has 0 saturated carbocycles. The monoisotopic (exact) mass is 358 g/mol. The summed E-state index contributed by atoms with van der Waals surface area (Å²) in [6.45, 7) is 3.77. The van der Waals surface area contributed by atoms with E-state index in [0.29, 0.717) is 6.42 Å². The van der Waals surface area contributed by atoms with E-state index in [4.69, 9.17) is 0 Å². The first-order valence-corrected chi connectivity index (χ1v) is 6.93. The molecular weight excluding hydrogens is 343 g/mol. The van der Waals surface area contributed by atoms with Gasteiger partial charge >= 0.3 is 0 Å². The smallest absolute Gasteiger partial charge is 0.252 e. The molecule has 5 heteroatoms. The Morgan fingerprint density at radius 1 is 1.39 bits per heavy atom. The molecule has 18 heavy (non-hydrogen) atoms. The van der Waals surface area contributed by atoms with Crippen molar-refractivity contribution in [2.75, 3.05) is 11.4 Å². The van der Waals surface area contributed by atoms with Crippen LogP contribution in [0.1, 0.15) is 20.3 Å². The lowest BCUT2D eigenvalue weighted by Gasteiger charge is -2.39. The summed E-state index contributed by atoms with van der Waals surface area (Å²) in [5.74, 6) is -0.160. The van der Waals surface area contributed by atoms with Crippen molar-refractivity contribution in [1.82, 2.24) is 5.32 Å². The van der Waals surface area contributed by atoms with Crippen LogP contribution in [0.3, 0.4) is 0 Å². The lowest BCUT2D eigenvalue weighted by atomic mass is 9.94. The van der Waals surface area contributed by atoms with Crippen LogP contribution in [0.5, 0.6) is 0 Å². The fourth-order valence-electron chi connectivity index (χ4n) is 2.02. The van der Waals surface area contributed by atoms with Gasteiger partial charge in [-0.25, -0.2) is 0 Å². The quantitative estimate of drug-likeness (QED) is 0.822. The molecule has 0 aromatic heterocycles. The number of piperazine rings is 1. The molecule has 96 valence electrons. The van der Waals surface area contributed by atoms with Crippen LogP contribution in [-0.2, 0) is 9.59 Å². The van der Waals surface area contributed by atoms with Crippen LogP contribution < -0.4 is 10.2 Å². The van der Waals surface area contributed by atoms with Gasteiger partial charge in [-0.2, -0.15) is 0 Å². The third-order valence-corrected chi connectivity index (χ3v) is 4.20. The molecule has 0 spiro atoms. The molecule has 0 aliphatic carbocycles. The zero-order valence-corrected chi connectivity index (χ0v) is 12.5. The molecule has 0 bridgehead atoms. The largest absolute Gasteiger partial charge is 0.340 e. The second kappa shape index (κ2) is 4.87. The normalized spacial score (nSPS) is 24.1. The number of carbonyl (C=O) groups is 2. The van der Waals surface area contributed by atoms with Crippen molar-refractivity contribution < 1.29 is 9.59 Å². The van der Waals surface area contributed by atoms with E-state index >= 15 is 0 Å². The Hall–Kier alpha value is -1.11. The molecule has 1 unspecified atom stereocenters. The Morgan fingerprint density at radius 2 is 2.06 bits per heavy atom. The standard InChI is InChI=1S/C13H15IN2O2/c1-3-13(2)12(18)16(8-11(17)15-13)10-7-5-4-6-9(10)14/h4-7H,3,8H2,1-2H3,(H,15,17). The minimum Gasteiger partial charge on any atom is -0.340 e. The molecule has 2 rings (SSSR count). The van der Waals surface area contributed by atoms with Gasteiger partial charge in [0.05, 0.1) is 5.69 Å². The van der Waals surface area contributed by atoms with Crippen molar-refractivity contribution >= 4 is 40.1 Å². The second-order valence-corrected chi connectivity index (χ2v) is 5.74. The van der Waals surface area contributed by atoms with E-state index in [-0.39, 0.29) is 18.4 Å². The highest BCUT2D eigenvalue weighted by molar-refractivity contribution is 14.1. The van der Waals surface area contributed by atoms with Gasteiger partial charge in [-0.3, -0.25) is 14.5 Å². The van der Waals surface area contributed by atoms with Gasteiger partial charge in [0.1, 0.15) is 12.1 Å². The van der Waals surface area contributed by atoms with Crippen molar-refractivity contribution in [2.45, 2.75) is 25.8 Å². The maximum Gasteiger partial charge on any atom is 0.252 e. The molecule has 1 aromatic carbocycles. The highest BCUT2D eigenvalue weighted by Gasteiger charge is 2.42. The molecule has 1 atom stereocenters. The van der Waals surface area contributed by atoms with E-state index in [1.807, 2.05) is 31.2 Å². The SMILES string of the molecule is CCC1(C)NC(=O)CN(c2ccccc2I)C1=O. The first-order chi connectivity index (χ1) is 8.48. The Bertz CT molecular complexity index is 504. The van der Waals surface area contributed by atoms with Gasteiger partial charge in [0.15, 0.2) is 0 Å². The minimum atomic E-state index is -0.797. The first-order valence-electron chi connectivity index (χ1n) is 5.85. The Balaban J connectivity index is 2.42. The van der Waals surface area contributed by atoms with E-state index in [2.05, 4.69) is 27.9 Å². The predicted molar refractivity (Wildman–Crippen MR) is 78.4 cm³/mol. The predicted octanol–water partition coefficient (Wildman–Crippen LogP) is 1.92. The summed E-state index contributed by atoms with van der Waals surface area (Å²) in [6.07, 6.45) is 0.581. The van der Waals surface area contributed by atoms with Crippen LogP contribution in [0.15, 0.2) is 24.3 Å². The molecule has 0 radical (unpaired) electrons. The Labute approximate surface area is 120 Å². The summed E-state index contributed by atoms with van der Waals surface area (Å²) in [5, 5.41) is 2.78. The molecule has 1 N–H and O–H groups in total. The molecule has 1 saturated heterocycles. The van der Waals surface area contributed by atoms with Crippen molar-refractivity contribution in [1.29, 1.82) is 0 Å². The molecule has 2 amide bonds. The van der Waals surface area contributed by atoms with Crippen LogP contribution in [0.4, 0.5) is 5.69 Å². The van der Waals surface area contributed by atoms with Crippen molar-refractivity contribution in [3.05, 3.63) is 27.8 Å². The number of nitrogens with one attached hydrogen (secondary N) is 1. The summed E-state index contributed by atoms with van der Waals surface area (Å²) in [4.78, 5) is 25.8. The van der Waals surface area contributed by atoms with Crippen LogP contribution in [-0.4, -0.2) is 23.9 Å². The summed E-state index contributed by atoms with van der Waals surface area (Å²) in [5.41, 5.74) is 0.00599. The molecular formula is C13H15IN2O2. The lowest BCUT2D eigenvalue weighted by Crippen LogP contribution is -2.65. The summed E-state index contributed by atoms with van der Waals surface area (Å²) < 4.78 is 0.969. The fraction of sp³-hybridized carbons (Fsp3) is 0.385. The number of carbonyl (C=O) groups excluding carboxylic acids is 2. The van der Waals surface area contributed by atoms with Crippen molar-refractivity contribution in [3.63, 3.8) is 0 Å². The van der Waals surface area contributed by atoms with Crippen LogP contribution in [0.25, 0.3) is 0 Å². The molecule has 1 aliphatic heterocycles.